The minimum atomic E-state index is -4.85. The SMILES string of the molecule is CON1CCC[C@@H](Cc2cc(C(F)(F)F)cc(C(F)(F)F)c2)[C@H]1c1ccccc1. The van der Waals surface area contributed by atoms with Crippen LogP contribution in [-0.2, 0) is 23.6 Å². The van der Waals surface area contributed by atoms with E-state index in [0.29, 0.717) is 13.0 Å². The Balaban J connectivity index is 1.98. The van der Waals surface area contributed by atoms with Gasteiger partial charge in [0.15, 0.2) is 0 Å². The van der Waals surface area contributed by atoms with E-state index in [4.69, 9.17) is 4.84 Å². The molecule has 2 aromatic carbocycles. The molecule has 8 heteroatoms. The number of benzene rings is 2. The molecular weight excluding hydrogens is 396 g/mol. The molecule has 158 valence electrons. The maximum atomic E-state index is 13.2. The summed E-state index contributed by atoms with van der Waals surface area (Å²) in [5, 5.41) is 1.75. The third kappa shape index (κ3) is 5.11. The van der Waals surface area contributed by atoms with Crippen LogP contribution in [0.1, 0.15) is 41.1 Å². The Morgan fingerprint density at radius 2 is 1.52 bits per heavy atom. The van der Waals surface area contributed by atoms with Crippen LogP contribution in [0, 0.1) is 5.92 Å². The molecule has 1 aliphatic rings. The Kier molecular flexibility index (Phi) is 6.24. The van der Waals surface area contributed by atoms with Crippen molar-refractivity contribution in [3.05, 3.63) is 70.8 Å². The van der Waals surface area contributed by atoms with Crippen molar-refractivity contribution >= 4 is 0 Å². The number of hydrogen-bond acceptors (Lipinski definition) is 2. The molecule has 2 aromatic rings. The van der Waals surface area contributed by atoms with Gasteiger partial charge in [-0.05, 0) is 54.5 Å². The number of halogens is 6. The highest BCUT2D eigenvalue weighted by molar-refractivity contribution is 5.34. The Morgan fingerprint density at radius 3 is 2.03 bits per heavy atom. The normalized spacial score (nSPS) is 21.3. The van der Waals surface area contributed by atoms with Crippen molar-refractivity contribution in [2.75, 3.05) is 13.7 Å². The van der Waals surface area contributed by atoms with Crippen LogP contribution in [-0.4, -0.2) is 18.7 Å². The van der Waals surface area contributed by atoms with Crippen molar-refractivity contribution in [3.8, 4) is 0 Å². The first-order valence-corrected chi connectivity index (χ1v) is 9.23. The second kappa shape index (κ2) is 8.36. The highest BCUT2D eigenvalue weighted by atomic mass is 19.4. The molecule has 0 aromatic heterocycles. The largest absolute Gasteiger partial charge is 0.416 e. The Bertz CT molecular complexity index is 786. The van der Waals surface area contributed by atoms with Crippen LogP contribution in [0.4, 0.5) is 26.3 Å². The zero-order chi connectivity index (χ0) is 21.2. The smallest absolute Gasteiger partial charge is 0.302 e. The van der Waals surface area contributed by atoms with Crippen LogP contribution in [0.5, 0.6) is 0 Å². The van der Waals surface area contributed by atoms with Crippen molar-refractivity contribution in [1.29, 1.82) is 0 Å². The van der Waals surface area contributed by atoms with E-state index in [1.54, 1.807) is 5.06 Å². The molecule has 1 heterocycles. The number of rotatable bonds is 4. The van der Waals surface area contributed by atoms with Gasteiger partial charge in [-0.15, -0.1) is 0 Å². The topological polar surface area (TPSA) is 12.5 Å². The Morgan fingerprint density at radius 1 is 0.931 bits per heavy atom. The quantitative estimate of drug-likeness (QED) is 0.543. The lowest BCUT2D eigenvalue weighted by Gasteiger charge is -2.40. The second-order valence-corrected chi connectivity index (χ2v) is 7.20. The summed E-state index contributed by atoms with van der Waals surface area (Å²) in [5.74, 6) is -0.185. The summed E-state index contributed by atoms with van der Waals surface area (Å²) in [5.41, 5.74) is -1.62. The summed E-state index contributed by atoms with van der Waals surface area (Å²) in [7, 11) is 1.52. The average Bonchev–Trinajstić information content (AvgIpc) is 2.67. The zero-order valence-corrected chi connectivity index (χ0v) is 15.7. The second-order valence-electron chi connectivity index (χ2n) is 7.20. The van der Waals surface area contributed by atoms with E-state index >= 15 is 0 Å². The average molecular weight is 417 g/mol. The highest BCUT2D eigenvalue weighted by Gasteiger charge is 2.38. The summed E-state index contributed by atoms with van der Waals surface area (Å²) < 4.78 is 79.1. The van der Waals surface area contributed by atoms with Crippen molar-refractivity contribution in [2.45, 2.75) is 37.7 Å². The zero-order valence-electron chi connectivity index (χ0n) is 15.7. The number of piperidine rings is 1. The van der Waals surface area contributed by atoms with Crippen LogP contribution in [0.2, 0.25) is 0 Å². The summed E-state index contributed by atoms with van der Waals surface area (Å²) in [4.78, 5) is 5.46. The molecule has 0 saturated carbocycles. The van der Waals surface area contributed by atoms with Gasteiger partial charge in [-0.1, -0.05) is 30.3 Å². The van der Waals surface area contributed by atoms with Gasteiger partial charge in [-0.2, -0.15) is 31.4 Å². The van der Waals surface area contributed by atoms with Crippen LogP contribution in [0.25, 0.3) is 0 Å². The third-order valence-electron chi connectivity index (χ3n) is 5.23. The fourth-order valence-corrected chi connectivity index (χ4v) is 3.99. The molecule has 0 radical (unpaired) electrons. The van der Waals surface area contributed by atoms with E-state index in [9.17, 15) is 26.3 Å². The van der Waals surface area contributed by atoms with E-state index in [2.05, 4.69) is 0 Å². The number of nitrogens with zero attached hydrogens (tertiary/aromatic N) is 1. The Labute approximate surface area is 165 Å². The van der Waals surface area contributed by atoms with Gasteiger partial charge in [0.25, 0.3) is 0 Å². The summed E-state index contributed by atoms with van der Waals surface area (Å²) >= 11 is 0. The molecule has 29 heavy (non-hydrogen) atoms. The predicted molar refractivity (Wildman–Crippen MR) is 95.8 cm³/mol. The standard InChI is InChI=1S/C21H21F6NO/c1-29-28-9-5-8-16(19(28)15-6-3-2-4-7-15)10-14-11-17(20(22,23)24)13-18(12-14)21(25,26)27/h2-4,6-7,11-13,16,19H,5,8-10H2,1H3/t16-,19+/m0/s1. The van der Waals surface area contributed by atoms with E-state index in [-0.39, 0.29) is 30.0 Å². The van der Waals surface area contributed by atoms with Gasteiger partial charge in [0.05, 0.1) is 24.3 Å². The molecule has 0 bridgehead atoms. The first kappa shape index (κ1) is 21.6. The monoisotopic (exact) mass is 417 g/mol. The fourth-order valence-electron chi connectivity index (χ4n) is 3.99. The molecule has 0 amide bonds. The van der Waals surface area contributed by atoms with Crippen LogP contribution in [0.3, 0.4) is 0 Å². The van der Waals surface area contributed by atoms with E-state index in [1.165, 1.54) is 7.11 Å². The summed E-state index contributed by atoms with van der Waals surface area (Å²) in [6.45, 7) is 0.642. The van der Waals surface area contributed by atoms with Gasteiger partial charge >= 0.3 is 12.4 Å². The summed E-state index contributed by atoms with van der Waals surface area (Å²) in [6.07, 6.45) is -8.18. The van der Waals surface area contributed by atoms with Gasteiger partial charge in [-0.3, -0.25) is 0 Å². The molecule has 2 nitrogen and oxygen atoms in total. The van der Waals surface area contributed by atoms with Gasteiger partial charge in [0, 0.05) is 6.54 Å². The molecular formula is C21H21F6NO. The first-order valence-electron chi connectivity index (χ1n) is 9.23. The van der Waals surface area contributed by atoms with Crippen LogP contribution < -0.4 is 0 Å². The van der Waals surface area contributed by atoms with Crippen molar-refractivity contribution < 1.29 is 31.2 Å². The lowest BCUT2D eigenvalue weighted by atomic mass is 9.81. The van der Waals surface area contributed by atoms with Gasteiger partial charge in [0.2, 0.25) is 0 Å². The highest BCUT2D eigenvalue weighted by Crippen LogP contribution is 2.40. The van der Waals surface area contributed by atoms with Gasteiger partial charge in [-0.25, -0.2) is 0 Å². The lowest BCUT2D eigenvalue weighted by Crippen LogP contribution is -2.39. The maximum Gasteiger partial charge on any atom is 0.416 e. The molecule has 3 rings (SSSR count). The molecule has 2 atom stereocenters. The van der Waals surface area contributed by atoms with Crippen molar-refractivity contribution in [1.82, 2.24) is 5.06 Å². The minimum Gasteiger partial charge on any atom is -0.302 e. The van der Waals surface area contributed by atoms with Gasteiger partial charge in [0.1, 0.15) is 0 Å². The molecule has 1 fully saturated rings. The van der Waals surface area contributed by atoms with Crippen LogP contribution in [0.15, 0.2) is 48.5 Å². The number of hydrogen-bond donors (Lipinski definition) is 0. The van der Waals surface area contributed by atoms with Crippen molar-refractivity contribution in [3.63, 3.8) is 0 Å². The molecule has 0 aliphatic carbocycles. The fraction of sp³-hybridized carbons (Fsp3) is 0.429. The molecule has 0 spiro atoms. The minimum absolute atomic E-state index is 0.0241. The van der Waals surface area contributed by atoms with E-state index in [0.717, 1.165) is 24.1 Å². The number of alkyl halides is 6. The number of hydroxylamine groups is 2. The molecule has 1 saturated heterocycles. The Hall–Kier alpha value is -2.06. The predicted octanol–water partition coefficient (Wildman–Crippen LogP) is 6.28. The summed E-state index contributed by atoms with van der Waals surface area (Å²) in [6, 6.07) is 10.9. The first-order chi connectivity index (χ1) is 13.6. The van der Waals surface area contributed by atoms with E-state index < -0.39 is 23.5 Å². The molecule has 1 aliphatic heterocycles. The molecule has 0 unspecified atom stereocenters. The third-order valence-corrected chi connectivity index (χ3v) is 5.23. The molecule has 0 N–H and O–H groups in total. The van der Waals surface area contributed by atoms with E-state index in [1.807, 2.05) is 30.3 Å². The maximum absolute atomic E-state index is 13.2. The lowest BCUT2D eigenvalue weighted by molar-refractivity contribution is -0.191. The van der Waals surface area contributed by atoms with Crippen LogP contribution >= 0.6 is 0 Å². The van der Waals surface area contributed by atoms with Crippen molar-refractivity contribution in [2.24, 2.45) is 5.92 Å². The van der Waals surface area contributed by atoms with Gasteiger partial charge < -0.3 is 4.84 Å².